The van der Waals surface area contributed by atoms with E-state index in [1.165, 1.54) is 20.2 Å². The first kappa shape index (κ1) is 26.6. The largest absolute Gasteiger partial charge is 0.367 e. The SMILES string of the molecule is CCCCCCN1C(=O)NC(=O)/C(=C\c2ccc3c(c2)CC2(C(=O)N(C)C(=O)N(C)C2=O)[C@@H]2CCCN32)C1=O. The van der Waals surface area contributed by atoms with E-state index in [-0.39, 0.29) is 24.6 Å². The van der Waals surface area contributed by atoms with Crippen LogP contribution in [0.15, 0.2) is 23.8 Å². The van der Waals surface area contributed by atoms with Gasteiger partial charge < -0.3 is 4.90 Å². The second-order valence-corrected chi connectivity index (χ2v) is 10.7. The maximum Gasteiger partial charge on any atom is 0.332 e. The van der Waals surface area contributed by atoms with E-state index in [9.17, 15) is 28.8 Å². The van der Waals surface area contributed by atoms with Gasteiger partial charge in [-0.05, 0) is 55.0 Å². The van der Waals surface area contributed by atoms with E-state index in [1.54, 1.807) is 12.1 Å². The number of barbiturate groups is 2. The predicted molar refractivity (Wildman–Crippen MR) is 141 cm³/mol. The first-order valence-electron chi connectivity index (χ1n) is 13.5. The van der Waals surface area contributed by atoms with Crippen LogP contribution in [-0.2, 0) is 25.6 Å². The highest BCUT2D eigenvalue weighted by Crippen LogP contribution is 2.49. The molecular formula is C28H33N5O6. The monoisotopic (exact) mass is 535 g/mol. The molecule has 0 aromatic heterocycles. The average Bonchev–Trinajstić information content (AvgIpc) is 3.42. The van der Waals surface area contributed by atoms with E-state index >= 15 is 0 Å². The van der Waals surface area contributed by atoms with Crippen LogP contribution in [0.3, 0.4) is 0 Å². The topological polar surface area (TPSA) is 127 Å². The fourth-order valence-electron chi connectivity index (χ4n) is 6.39. The number of carbonyl (C=O) groups excluding carboxylic acids is 6. The molecule has 0 bridgehead atoms. The number of rotatable bonds is 6. The number of urea groups is 2. The van der Waals surface area contributed by atoms with Gasteiger partial charge in [0.25, 0.3) is 11.8 Å². The lowest BCUT2D eigenvalue weighted by Crippen LogP contribution is -2.70. The highest BCUT2D eigenvalue weighted by molar-refractivity contribution is 6.31. The molecule has 39 heavy (non-hydrogen) atoms. The Kier molecular flexibility index (Phi) is 6.77. The molecule has 3 saturated heterocycles. The van der Waals surface area contributed by atoms with Crippen molar-refractivity contribution in [2.45, 2.75) is 57.9 Å². The number of hydrogen-bond donors (Lipinski definition) is 1. The predicted octanol–water partition coefficient (Wildman–Crippen LogP) is 2.29. The van der Waals surface area contributed by atoms with Crippen LogP contribution >= 0.6 is 0 Å². The molecule has 4 aliphatic heterocycles. The standard InChI is InChI=1S/C28H33N5O6/c1-4-5-6-7-12-33-23(35)19(22(34)29-26(33)38)15-17-10-11-20-18(14-17)16-28(21-9-8-13-32(20)21)24(36)30(2)27(39)31(3)25(28)37/h10-11,14-15,21H,4-9,12-13,16H2,1-3H3,(H,29,34,38)/b19-15+/t21-/m0/s1. The van der Waals surface area contributed by atoms with Crippen molar-refractivity contribution in [3.63, 3.8) is 0 Å². The summed E-state index contributed by atoms with van der Waals surface area (Å²) in [5, 5.41) is 2.25. The third-order valence-electron chi connectivity index (χ3n) is 8.38. The summed E-state index contributed by atoms with van der Waals surface area (Å²) in [6.07, 6.45) is 6.52. The number of carbonyl (C=O) groups is 6. The van der Waals surface area contributed by atoms with Gasteiger partial charge in [-0.1, -0.05) is 32.3 Å². The van der Waals surface area contributed by atoms with Crippen molar-refractivity contribution in [2.75, 3.05) is 32.1 Å². The Labute approximate surface area is 226 Å². The number of fused-ring (bicyclic) bond motifs is 4. The number of unbranched alkanes of at least 4 members (excludes halogenated alkanes) is 3. The van der Waals surface area contributed by atoms with E-state index in [1.807, 2.05) is 6.07 Å². The molecule has 1 atom stereocenters. The van der Waals surface area contributed by atoms with Gasteiger partial charge in [0, 0.05) is 32.9 Å². The Balaban J connectivity index is 1.49. The summed E-state index contributed by atoms with van der Waals surface area (Å²) in [6, 6.07) is 3.70. The van der Waals surface area contributed by atoms with Gasteiger partial charge >= 0.3 is 12.1 Å². The highest BCUT2D eigenvalue weighted by atomic mass is 16.2. The van der Waals surface area contributed by atoms with Crippen molar-refractivity contribution >= 4 is 47.5 Å². The minimum absolute atomic E-state index is 0.0995. The molecule has 1 spiro atoms. The van der Waals surface area contributed by atoms with Crippen molar-refractivity contribution in [2.24, 2.45) is 5.41 Å². The molecule has 0 aliphatic carbocycles. The molecule has 0 unspecified atom stereocenters. The summed E-state index contributed by atoms with van der Waals surface area (Å²) in [4.78, 5) is 82.9. The lowest BCUT2D eigenvalue weighted by molar-refractivity contribution is -0.159. The zero-order valence-corrected chi connectivity index (χ0v) is 22.5. The Hall–Kier alpha value is -4.02. The molecular weight excluding hydrogens is 502 g/mol. The van der Waals surface area contributed by atoms with Crippen molar-refractivity contribution < 1.29 is 28.8 Å². The van der Waals surface area contributed by atoms with Gasteiger partial charge in [-0.25, -0.2) is 9.59 Å². The fourth-order valence-corrected chi connectivity index (χ4v) is 6.39. The van der Waals surface area contributed by atoms with Gasteiger partial charge in [0.1, 0.15) is 5.57 Å². The van der Waals surface area contributed by atoms with Crippen molar-refractivity contribution in [1.29, 1.82) is 0 Å². The summed E-state index contributed by atoms with van der Waals surface area (Å²) in [6.45, 7) is 2.96. The number of anilines is 1. The van der Waals surface area contributed by atoms with Gasteiger partial charge in [0.15, 0.2) is 5.41 Å². The summed E-state index contributed by atoms with van der Waals surface area (Å²) in [5.74, 6) is -2.43. The molecule has 0 saturated carbocycles. The molecule has 4 aliphatic rings. The third kappa shape index (κ3) is 4.11. The minimum Gasteiger partial charge on any atom is -0.367 e. The number of amides is 8. The van der Waals surface area contributed by atoms with Gasteiger partial charge in [0.2, 0.25) is 11.8 Å². The maximum atomic E-state index is 13.6. The summed E-state index contributed by atoms with van der Waals surface area (Å²) < 4.78 is 0. The molecule has 11 heteroatoms. The lowest BCUT2D eigenvalue weighted by Gasteiger charge is -2.50. The third-order valence-corrected chi connectivity index (χ3v) is 8.38. The van der Waals surface area contributed by atoms with Crippen LogP contribution < -0.4 is 10.2 Å². The lowest BCUT2D eigenvalue weighted by atomic mass is 9.68. The number of hydrogen-bond acceptors (Lipinski definition) is 7. The molecule has 1 aromatic rings. The van der Waals surface area contributed by atoms with Crippen LogP contribution in [0.5, 0.6) is 0 Å². The quantitative estimate of drug-likeness (QED) is 0.256. The Morgan fingerprint density at radius 3 is 2.41 bits per heavy atom. The van der Waals surface area contributed by atoms with Crippen LogP contribution in [0.2, 0.25) is 0 Å². The molecule has 1 aromatic carbocycles. The van der Waals surface area contributed by atoms with E-state index < -0.39 is 41.1 Å². The Morgan fingerprint density at radius 1 is 1.00 bits per heavy atom. The molecule has 11 nitrogen and oxygen atoms in total. The number of nitrogens with zero attached hydrogens (tertiary/aromatic N) is 4. The molecule has 3 fully saturated rings. The van der Waals surface area contributed by atoms with E-state index in [0.29, 0.717) is 24.9 Å². The molecule has 1 N–H and O–H groups in total. The fraction of sp³-hybridized carbons (Fsp3) is 0.500. The van der Waals surface area contributed by atoms with E-state index in [0.717, 1.165) is 51.6 Å². The summed E-state index contributed by atoms with van der Waals surface area (Å²) in [7, 11) is 2.79. The molecule has 0 radical (unpaired) electrons. The average molecular weight is 536 g/mol. The molecule has 8 amide bonds. The minimum atomic E-state index is -1.44. The first-order valence-corrected chi connectivity index (χ1v) is 13.5. The van der Waals surface area contributed by atoms with Crippen molar-refractivity contribution in [3.05, 3.63) is 34.9 Å². The van der Waals surface area contributed by atoms with Crippen LogP contribution in [0.4, 0.5) is 15.3 Å². The van der Waals surface area contributed by atoms with Gasteiger partial charge in [0.05, 0.1) is 6.04 Å². The van der Waals surface area contributed by atoms with Crippen LogP contribution in [0, 0.1) is 5.41 Å². The van der Waals surface area contributed by atoms with E-state index in [2.05, 4.69) is 17.1 Å². The number of imide groups is 4. The number of benzene rings is 1. The van der Waals surface area contributed by atoms with Crippen molar-refractivity contribution in [3.8, 4) is 0 Å². The second kappa shape index (κ2) is 9.94. The smallest absolute Gasteiger partial charge is 0.332 e. The summed E-state index contributed by atoms with van der Waals surface area (Å²) >= 11 is 0. The van der Waals surface area contributed by atoms with Crippen LogP contribution in [-0.4, -0.2) is 83.6 Å². The number of nitrogens with one attached hydrogen (secondary N) is 1. The molecule has 206 valence electrons. The van der Waals surface area contributed by atoms with Gasteiger partial charge in [-0.2, -0.15) is 0 Å². The highest BCUT2D eigenvalue weighted by Gasteiger charge is 2.63. The zero-order valence-electron chi connectivity index (χ0n) is 22.5. The van der Waals surface area contributed by atoms with Crippen molar-refractivity contribution in [1.82, 2.24) is 20.0 Å². The van der Waals surface area contributed by atoms with E-state index in [4.69, 9.17) is 0 Å². The van der Waals surface area contributed by atoms with Crippen LogP contribution in [0.1, 0.15) is 56.6 Å². The molecule has 4 heterocycles. The Bertz CT molecular complexity index is 1300. The van der Waals surface area contributed by atoms with Crippen LogP contribution in [0.25, 0.3) is 6.08 Å². The normalized spacial score (nSPS) is 23.7. The van der Waals surface area contributed by atoms with Gasteiger partial charge in [-0.15, -0.1) is 0 Å². The first-order chi connectivity index (χ1) is 18.6. The van der Waals surface area contributed by atoms with Gasteiger partial charge in [-0.3, -0.25) is 39.2 Å². The zero-order chi connectivity index (χ0) is 28.1. The maximum absolute atomic E-state index is 13.6. The second-order valence-electron chi connectivity index (χ2n) is 10.7. The summed E-state index contributed by atoms with van der Waals surface area (Å²) in [5.41, 5.74) is 0.557. The Morgan fingerprint density at radius 2 is 1.72 bits per heavy atom. The molecule has 5 rings (SSSR count).